The van der Waals surface area contributed by atoms with Crippen LogP contribution in [0.3, 0.4) is 0 Å². The molecule has 0 amide bonds. The van der Waals surface area contributed by atoms with Crippen LogP contribution in [0, 0.1) is 5.82 Å². The molecule has 1 aliphatic heterocycles. The lowest BCUT2D eigenvalue weighted by molar-refractivity contribution is 0.231. The molecular formula is C26H42FN7O. The number of likely N-dealkylation sites (tertiary alicyclic amines) is 1. The Morgan fingerprint density at radius 2 is 1.80 bits per heavy atom. The van der Waals surface area contributed by atoms with Gasteiger partial charge in [0.2, 0.25) is 17.8 Å². The summed E-state index contributed by atoms with van der Waals surface area (Å²) in [6.07, 6.45) is 8.01. The van der Waals surface area contributed by atoms with Gasteiger partial charge in [-0.25, -0.2) is 4.39 Å². The third kappa shape index (κ3) is 8.49. The van der Waals surface area contributed by atoms with Crippen LogP contribution in [0.4, 0.5) is 27.9 Å². The molecule has 0 radical (unpaired) electrons. The lowest BCUT2D eigenvalue weighted by atomic mass is 10.0. The summed E-state index contributed by atoms with van der Waals surface area (Å²) in [6, 6.07) is 5.17. The second-order valence-electron chi connectivity index (χ2n) is 9.71. The van der Waals surface area contributed by atoms with Gasteiger partial charge >= 0.3 is 0 Å². The number of benzene rings is 1. The zero-order chi connectivity index (χ0) is 25.2. The normalized spacial score (nSPS) is 14.8. The van der Waals surface area contributed by atoms with E-state index in [2.05, 4.69) is 44.4 Å². The van der Waals surface area contributed by atoms with E-state index in [1.54, 1.807) is 12.1 Å². The number of piperidine rings is 1. The lowest BCUT2D eigenvalue weighted by Gasteiger charge is -2.35. The van der Waals surface area contributed by atoms with Crippen molar-refractivity contribution in [1.82, 2.24) is 19.9 Å². The molecule has 0 saturated carbocycles. The number of halogens is 1. The minimum atomic E-state index is -0.424. The molecule has 35 heavy (non-hydrogen) atoms. The Bertz CT molecular complexity index is 919. The number of anilines is 4. The van der Waals surface area contributed by atoms with Crippen LogP contribution in [-0.2, 0) is 0 Å². The van der Waals surface area contributed by atoms with Gasteiger partial charge in [-0.1, -0.05) is 32.6 Å². The van der Waals surface area contributed by atoms with E-state index in [0.29, 0.717) is 29.6 Å². The average molecular weight is 488 g/mol. The highest BCUT2D eigenvalue weighted by Gasteiger charge is 2.23. The van der Waals surface area contributed by atoms with Gasteiger partial charge in [-0.15, -0.1) is 0 Å². The van der Waals surface area contributed by atoms with Crippen molar-refractivity contribution < 1.29 is 9.13 Å². The van der Waals surface area contributed by atoms with E-state index in [1.807, 2.05) is 20.9 Å². The van der Waals surface area contributed by atoms with Crippen LogP contribution in [-0.4, -0.2) is 65.7 Å². The molecule has 1 aliphatic rings. The molecule has 0 spiro atoms. The third-order valence-corrected chi connectivity index (χ3v) is 6.29. The predicted molar refractivity (Wildman–Crippen MR) is 141 cm³/mol. The lowest BCUT2D eigenvalue weighted by Crippen LogP contribution is -2.42. The van der Waals surface area contributed by atoms with Gasteiger partial charge in [-0.3, -0.25) is 0 Å². The second-order valence-corrected chi connectivity index (χ2v) is 9.71. The highest BCUT2D eigenvalue weighted by atomic mass is 19.1. The van der Waals surface area contributed by atoms with Crippen LogP contribution in [0.2, 0.25) is 0 Å². The third-order valence-electron chi connectivity index (χ3n) is 6.29. The summed E-state index contributed by atoms with van der Waals surface area (Å²) in [4.78, 5) is 18.4. The van der Waals surface area contributed by atoms with Crippen LogP contribution in [0.5, 0.6) is 5.75 Å². The summed E-state index contributed by atoms with van der Waals surface area (Å²) in [5, 5.41) is 6.52. The summed E-state index contributed by atoms with van der Waals surface area (Å²) in [6.45, 7) is 8.88. The van der Waals surface area contributed by atoms with Gasteiger partial charge in [0, 0.05) is 31.4 Å². The van der Waals surface area contributed by atoms with Crippen molar-refractivity contribution in [2.24, 2.45) is 0 Å². The van der Waals surface area contributed by atoms with Crippen LogP contribution >= 0.6 is 0 Å². The van der Waals surface area contributed by atoms with Crippen LogP contribution in [0.25, 0.3) is 0 Å². The first-order valence-corrected chi connectivity index (χ1v) is 13.0. The van der Waals surface area contributed by atoms with E-state index in [1.165, 1.54) is 31.7 Å². The standard InChI is InChI=1S/C26H42FN7O/c1-6-7-8-9-10-15-28-24-30-25(29-20-11-12-23(22(27)18-20)35-19(2)3)32-26(31-24)34(5)21-13-16-33(4)17-14-21/h11-12,18-19,21H,6-10,13-17H2,1-5H3,(H2,28,29,30,31,32). The van der Waals surface area contributed by atoms with E-state index < -0.39 is 5.82 Å². The van der Waals surface area contributed by atoms with Gasteiger partial charge in [0.05, 0.1) is 6.10 Å². The topological polar surface area (TPSA) is 78.4 Å². The van der Waals surface area contributed by atoms with Crippen molar-refractivity contribution in [3.8, 4) is 5.75 Å². The number of aromatic nitrogens is 3. The second kappa shape index (κ2) is 13.4. The number of hydrogen-bond donors (Lipinski definition) is 2. The molecule has 0 unspecified atom stereocenters. The van der Waals surface area contributed by atoms with Crippen molar-refractivity contribution in [2.45, 2.75) is 77.9 Å². The van der Waals surface area contributed by atoms with Crippen molar-refractivity contribution in [1.29, 1.82) is 0 Å². The van der Waals surface area contributed by atoms with Gasteiger partial charge in [-0.05, 0) is 65.4 Å². The Kier molecular flexibility index (Phi) is 10.3. The Balaban J connectivity index is 1.75. The summed E-state index contributed by atoms with van der Waals surface area (Å²) in [5.41, 5.74) is 0.559. The van der Waals surface area contributed by atoms with E-state index >= 15 is 0 Å². The molecular weight excluding hydrogens is 445 g/mol. The highest BCUT2D eigenvalue weighted by Crippen LogP contribution is 2.26. The van der Waals surface area contributed by atoms with E-state index in [9.17, 15) is 4.39 Å². The molecule has 1 saturated heterocycles. The van der Waals surface area contributed by atoms with Crippen LogP contribution in [0.1, 0.15) is 65.7 Å². The molecule has 3 rings (SSSR count). The zero-order valence-corrected chi connectivity index (χ0v) is 22.0. The van der Waals surface area contributed by atoms with Gasteiger partial charge < -0.3 is 25.2 Å². The molecule has 0 bridgehead atoms. The molecule has 0 atom stereocenters. The zero-order valence-electron chi connectivity index (χ0n) is 22.0. The minimum absolute atomic E-state index is 0.0971. The smallest absolute Gasteiger partial charge is 0.233 e. The van der Waals surface area contributed by atoms with E-state index in [0.717, 1.165) is 38.9 Å². The molecule has 1 fully saturated rings. The number of rotatable bonds is 13. The van der Waals surface area contributed by atoms with Gasteiger partial charge in [-0.2, -0.15) is 15.0 Å². The highest BCUT2D eigenvalue weighted by molar-refractivity contribution is 5.57. The number of nitrogens with zero attached hydrogens (tertiary/aromatic N) is 5. The van der Waals surface area contributed by atoms with Crippen LogP contribution < -0.4 is 20.3 Å². The monoisotopic (exact) mass is 487 g/mol. The van der Waals surface area contributed by atoms with E-state index in [-0.39, 0.29) is 11.9 Å². The summed E-state index contributed by atoms with van der Waals surface area (Å²) in [5.74, 6) is 1.35. The summed E-state index contributed by atoms with van der Waals surface area (Å²) >= 11 is 0. The fourth-order valence-electron chi connectivity index (χ4n) is 4.19. The van der Waals surface area contributed by atoms with Gasteiger partial charge in [0.1, 0.15) is 0 Å². The van der Waals surface area contributed by atoms with Gasteiger partial charge in [0.25, 0.3) is 0 Å². The van der Waals surface area contributed by atoms with Crippen molar-refractivity contribution in [2.75, 3.05) is 49.3 Å². The number of hydrogen-bond acceptors (Lipinski definition) is 8. The maximum atomic E-state index is 14.5. The fourth-order valence-corrected chi connectivity index (χ4v) is 4.19. The quantitative estimate of drug-likeness (QED) is 0.361. The molecule has 1 aromatic heterocycles. The summed E-state index contributed by atoms with van der Waals surface area (Å²) in [7, 11) is 4.20. The molecule has 0 aliphatic carbocycles. The first-order valence-electron chi connectivity index (χ1n) is 13.0. The molecule has 1 aromatic carbocycles. The first kappa shape index (κ1) is 26.9. The first-order chi connectivity index (χ1) is 16.9. The average Bonchev–Trinajstić information content (AvgIpc) is 2.83. The number of nitrogens with one attached hydrogen (secondary N) is 2. The Labute approximate surface area is 209 Å². The van der Waals surface area contributed by atoms with Gasteiger partial charge in [0.15, 0.2) is 11.6 Å². The predicted octanol–water partition coefficient (Wildman–Crippen LogP) is 5.45. The summed E-state index contributed by atoms with van der Waals surface area (Å²) < 4.78 is 20.0. The number of unbranched alkanes of at least 4 members (excludes halogenated alkanes) is 4. The maximum absolute atomic E-state index is 14.5. The fraction of sp³-hybridized carbons (Fsp3) is 0.654. The van der Waals surface area contributed by atoms with E-state index in [4.69, 9.17) is 9.72 Å². The Morgan fingerprint density at radius 3 is 2.49 bits per heavy atom. The van der Waals surface area contributed by atoms with Crippen LogP contribution in [0.15, 0.2) is 18.2 Å². The van der Waals surface area contributed by atoms with Crippen molar-refractivity contribution >= 4 is 23.5 Å². The SMILES string of the molecule is CCCCCCCNc1nc(Nc2ccc(OC(C)C)c(F)c2)nc(N(C)C2CCN(C)CC2)n1. The Morgan fingerprint density at radius 1 is 1.09 bits per heavy atom. The molecule has 2 N–H and O–H groups in total. The molecule has 9 heteroatoms. The molecule has 2 aromatic rings. The van der Waals surface area contributed by atoms with Crippen molar-refractivity contribution in [3.63, 3.8) is 0 Å². The molecule has 2 heterocycles. The number of ether oxygens (including phenoxy) is 1. The molecule has 8 nitrogen and oxygen atoms in total. The largest absolute Gasteiger partial charge is 0.488 e. The minimum Gasteiger partial charge on any atom is -0.488 e. The maximum Gasteiger partial charge on any atom is 0.233 e. The Hall–Kier alpha value is -2.68. The molecule has 194 valence electrons. The van der Waals surface area contributed by atoms with Crippen molar-refractivity contribution in [3.05, 3.63) is 24.0 Å².